The Kier molecular flexibility index (Phi) is 6.33. The Morgan fingerprint density at radius 3 is 2.43 bits per heavy atom. The number of hydrogen-bond acceptors (Lipinski definition) is 4. The average Bonchev–Trinajstić information content (AvgIpc) is 3.20. The van der Waals surface area contributed by atoms with Crippen molar-refractivity contribution in [2.45, 2.75) is 24.4 Å². The van der Waals surface area contributed by atoms with Crippen LogP contribution in [0.1, 0.15) is 34.6 Å². The van der Waals surface area contributed by atoms with Gasteiger partial charge in [-0.3, -0.25) is 4.79 Å². The maximum absolute atomic E-state index is 12.5. The van der Waals surface area contributed by atoms with E-state index in [-0.39, 0.29) is 23.4 Å². The fourth-order valence-corrected chi connectivity index (χ4v) is 4.25. The molecule has 0 saturated heterocycles. The predicted molar refractivity (Wildman–Crippen MR) is 109 cm³/mol. The summed E-state index contributed by atoms with van der Waals surface area (Å²) < 4.78 is 33.2. The number of rotatable bonds is 7. The zero-order valence-electron chi connectivity index (χ0n) is 15.1. The summed E-state index contributed by atoms with van der Waals surface area (Å²) >= 11 is 3.47. The van der Waals surface area contributed by atoms with Crippen molar-refractivity contribution in [1.29, 1.82) is 0 Å². The van der Waals surface area contributed by atoms with Crippen molar-refractivity contribution in [3.63, 3.8) is 0 Å². The van der Waals surface area contributed by atoms with Gasteiger partial charge >= 0.3 is 0 Å². The first-order valence-electron chi connectivity index (χ1n) is 8.54. The van der Waals surface area contributed by atoms with Gasteiger partial charge in [0.15, 0.2) is 0 Å². The van der Waals surface area contributed by atoms with Crippen LogP contribution in [0.2, 0.25) is 0 Å². The lowest BCUT2D eigenvalue weighted by atomic mass is 10.1. The highest BCUT2D eigenvalue weighted by Gasteiger charge is 2.17. The summed E-state index contributed by atoms with van der Waals surface area (Å²) in [5.41, 5.74) is 1.33. The minimum atomic E-state index is -3.70. The lowest BCUT2D eigenvalue weighted by Gasteiger charge is -2.16. The predicted octanol–water partition coefficient (Wildman–Crippen LogP) is 4.01. The molecule has 0 radical (unpaired) electrons. The summed E-state index contributed by atoms with van der Waals surface area (Å²) in [5.74, 6) is 0.233. The van der Waals surface area contributed by atoms with Crippen molar-refractivity contribution in [3.8, 4) is 0 Å². The fourth-order valence-electron chi connectivity index (χ4n) is 2.63. The van der Waals surface area contributed by atoms with Gasteiger partial charge in [-0.15, -0.1) is 0 Å². The molecule has 1 unspecified atom stereocenters. The molecule has 1 atom stereocenters. The average molecular weight is 463 g/mol. The third-order valence-corrected chi connectivity index (χ3v) is 6.30. The second-order valence-electron chi connectivity index (χ2n) is 6.14. The van der Waals surface area contributed by atoms with Crippen molar-refractivity contribution in [3.05, 3.63) is 88.3 Å². The summed E-state index contributed by atoms with van der Waals surface area (Å²) in [7, 11) is -3.70. The minimum Gasteiger partial charge on any atom is -0.468 e. The van der Waals surface area contributed by atoms with Gasteiger partial charge in [0, 0.05) is 10.0 Å². The van der Waals surface area contributed by atoms with Crippen LogP contribution in [-0.2, 0) is 16.6 Å². The van der Waals surface area contributed by atoms with Crippen molar-refractivity contribution >= 4 is 31.9 Å². The van der Waals surface area contributed by atoms with Gasteiger partial charge in [0.05, 0.1) is 23.7 Å². The summed E-state index contributed by atoms with van der Waals surface area (Å²) in [6.07, 6.45) is 1.48. The molecule has 1 aromatic heterocycles. The Labute approximate surface area is 172 Å². The van der Waals surface area contributed by atoms with Crippen LogP contribution in [0.5, 0.6) is 0 Å². The van der Waals surface area contributed by atoms with E-state index in [1.54, 1.807) is 12.1 Å². The van der Waals surface area contributed by atoms with Crippen molar-refractivity contribution in [2.75, 3.05) is 0 Å². The normalized spacial score (nSPS) is 12.5. The molecule has 146 valence electrons. The molecular formula is C20H19BrN2O4S. The van der Waals surface area contributed by atoms with E-state index in [1.165, 1.54) is 30.5 Å². The van der Waals surface area contributed by atoms with Crippen LogP contribution >= 0.6 is 15.9 Å². The van der Waals surface area contributed by atoms with Crippen LogP contribution in [0.15, 0.2) is 80.7 Å². The Morgan fingerprint density at radius 1 is 1.07 bits per heavy atom. The molecule has 8 heteroatoms. The van der Waals surface area contributed by atoms with E-state index in [4.69, 9.17) is 4.42 Å². The second-order valence-corrected chi connectivity index (χ2v) is 8.77. The Hall–Kier alpha value is -2.42. The number of carbonyl (C=O) groups is 1. The summed E-state index contributed by atoms with van der Waals surface area (Å²) in [6.45, 7) is 1.94. The van der Waals surface area contributed by atoms with Gasteiger partial charge in [0.1, 0.15) is 5.76 Å². The lowest BCUT2D eigenvalue weighted by Crippen LogP contribution is -2.27. The first kappa shape index (κ1) is 20.3. The topological polar surface area (TPSA) is 88.4 Å². The van der Waals surface area contributed by atoms with Crippen LogP contribution < -0.4 is 10.0 Å². The smallest absolute Gasteiger partial charge is 0.251 e. The van der Waals surface area contributed by atoms with Gasteiger partial charge in [0.25, 0.3) is 5.91 Å². The molecule has 0 aliphatic carbocycles. The van der Waals surface area contributed by atoms with Gasteiger partial charge in [-0.25, -0.2) is 13.1 Å². The highest BCUT2D eigenvalue weighted by molar-refractivity contribution is 9.10. The molecule has 0 aliphatic heterocycles. The number of benzene rings is 2. The third-order valence-electron chi connectivity index (χ3n) is 4.16. The highest BCUT2D eigenvalue weighted by atomic mass is 79.9. The molecule has 2 aromatic carbocycles. The van der Waals surface area contributed by atoms with E-state index in [0.717, 1.165) is 10.0 Å². The first-order valence-corrected chi connectivity index (χ1v) is 10.8. The minimum absolute atomic E-state index is 0.0566. The Balaban J connectivity index is 1.66. The number of sulfonamides is 1. The van der Waals surface area contributed by atoms with Crippen molar-refractivity contribution < 1.29 is 17.6 Å². The maximum atomic E-state index is 12.5. The fraction of sp³-hybridized carbons (Fsp3) is 0.150. The van der Waals surface area contributed by atoms with Crippen LogP contribution in [0.4, 0.5) is 0 Å². The number of carbonyl (C=O) groups excluding carboxylic acids is 1. The molecule has 0 bridgehead atoms. The first-order chi connectivity index (χ1) is 13.4. The molecule has 2 N–H and O–H groups in total. The van der Waals surface area contributed by atoms with E-state index in [1.807, 2.05) is 31.2 Å². The zero-order valence-corrected chi connectivity index (χ0v) is 17.5. The monoisotopic (exact) mass is 462 g/mol. The molecule has 3 rings (SSSR count). The number of nitrogens with one attached hydrogen (secondary N) is 2. The summed E-state index contributed by atoms with van der Waals surface area (Å²) in [5, 5.41) is 2.91. The van der Waals surface area contributed by atoms with Crippen LogP contribution in [-0.4, -0.2) is 14.3 Å². The second kappa shape index (κ2) is 8.72. The van der Waals surface area contributed by atoms with E-state index in [2.05, 4.69) is 26.0 Å². The zero-order chi connectivity index (χ0) is 20.1. The van der Waals surface area contributed by atoms with E-state index >= 15 is 0 Å². The van der Waals surface area contributed by atoms with Crippen molar-refractivity contribution in [1.82, 2.24) is 10.0 Å². The number of halogens is 1. The molecule has 3 aromatic rings. The summed E-state index contributed by atoms with van der Waals surface area (Å²) in [6, 6.07) is 16.6. The largest absolute Gasteiger partial charge is 0.468 e. The highest BCUT2D eigenvalue weighted by Crippen LogP contribution is 2.23. The quantitative estimate of drug-likeness (QED) is 0.554. The molecule has 0 aliphatic rings. The Morgan fingerprint density at radius 2 is 1.79 bits per heavy atom. The van der Waals surface area contributed by atoms with E-state index in [0.29, 0.717) is 11.3 Å². The number of hydrogen-bond donors (Lipinski definition) is 2. The van der Waals surface area contributed by atoms with Crippen LogP contribution in [0.25, 0.3) is 0 Å². The molecule has 0 saturated carbocycles. The van der Waals surface area contributed by atoms with E-state index in [9.17, 15) is 13.2 Å². The number of amides is 1. The van der Waals surface area contributed by atoms with Gasteiger partial charge in [-0.1, -0.05) is 34.1 Å². The molecule has 0 spiro atoms. The van der Waals surface area contributed by atoms with Crippen LogP contribution in [0.3, 0.4) is 0 Å². The summed E-state index contributed by atoms with van der Waals surface area (Å²) in [4.78, 5) is 12.6. The third kappa shape index (κ3) is 4.89. The van der Waals surface area contributed by atoms with Gasteiger partial charge in [-0.2, -0.15) is 0 Å². The van der Waals surface area contributed by atoms with Crippen LogP contribution in [0, 0.1) is 0 Å². The van der Waals surface area contributed by atoms with E-state index < -0.39 is 10.0 Å². The lowest BCUT2D eigenvalue weighted by molar-refractivity contribution is 0.0939. The maximum Gasteiger partial charge on any atom is 0.251 e. The molecule has 6 nitrogen and oxygen atoms in total. The molecule has 1 heterocycles. The van der Waals surface area contributed by atoms with Gasteiger partial charge < -0.3 is 9.73 Å². The Bertz CT molecular complexity index is 1050. The molecular weight excluding hydrogens is 444 g/mol. The molecule has 1 amide bonds. The van der Waals surface area contributed by atoms with Crippen molar-refractivity contribution in [2.24, 2.45) is 0 Å². The standard InChI is InChI=1S/C20H19BrN2O4S/c1-14(18-6-2-3-7-19(18)21)23-20(24)15-8-10-17(11-9-15)28(25,26)22-13-16-5-4-12-27-16/h2-12,14,22H,13H2,1H3,(H,23,24). The molecule has 0 fully saturated rings. The van der Waals surface area contributed by atoms with Gasteiger partial charge in [0.2, 0.25) is 10.0 Å². The van der Waals surface area contributed by atoms with Gasteiger partial charge in [-0.05, 0) is 55.0 Å². The number of furan rings is 1. The SMILES string of the molecule is CC(NC(=O)c1ccc(S(=O)(=O)NCc2ccco2)cc1)c1ccccc1Br. The molecule has 28 heavy (non-hydrogen) atoms.